The summed E-state index contributed by atoms with van der Waals surface area (Å²) in [4.78, 5) is 0. The van der Waals surface area contributed by atoms with Gasteiger partial charge in [0, 0.05) is 19.1 Å². The van der Waals surface area contributed by atoms with Gasteiger partial charge in [-0.3, -0.25) is 0 Å². The minimum absolute atomic E-state index is 0.330. The summed E-state index contributed by atoms with van der Waals surface area (Å²) in [6, 6.07) is 0.655. The molecule has 0 spiro atoms. The molecule has 0 aliphatic heterocycles. The number of sulfonamides is 1. The van der Waals surface area contributed by atoms with Crippen LogP contribution >= 0.6 is 0 Å². The van der Waals surface area contributed by atoms with E-state index in [-0.39, 0.29) is 0 Å². The van der Waals surface area contributed by atoms with Crippen molar-refractivity contribution in [3.8, 4) is 0 Å². The van der Waals surface area contributed by atoms with Gasteiger partial charge in [0.05, 0.1) is 5.75 Å². The van der Waals surface area contributed by atoms with E-state index in [4.69, 9.17) is 0 Å². The van der Waals surface area contributed by atoms with E-state index in [9.17, 15) is 8.42 Å². The molecule has 82 valence electrons. The Morgan fingerprint density at radius 2 is 1.79 bits per heavy atom. The molecule has 2 saturated carbocycles. The highest BCUT2D eigenvalue weighted by molar-refractivity contribution is 7.89. The fourth-order valence-electron chi connectivity index (χ4n) is 1.42. The van der Waals surface area contributed by atoms with Gasteiger partial charge in [-0.1, -0.05) is 0 Å². The van der Waals surface area contributed by atoms with Crippen LogP contribution in [-0.2, 0) is 10.0 Å². The van der Waals surface area contributed by atoms with E-state index in [2.05, 4.69) is 10.0 Å². The molecule has 2 fully saturated rings. The maximum Gasteiger partial charge on any atom is 0.211 e. The molecule has 2 rings (SSSR count). The van der Waals surface area contributed by atoms with E-state index in [1.807, 2.05) is 0 Å². The number of hydrogen-bond acceptors (Lipinski definition) is 3. The lowest BCUT2D eigenvalue weighted by atomic mass is 10.5. The number of rotatable bonds is 7. The number of nitrogens with one attached hydrogen (secondary N) is 2. The van der Waals surface area contributed by atoms with E-state index in [0.29, 0.717) is 24.3 Å². The second-order valence-electron chi connectivity index (χ2n) is 4.35. The summed E-state index contributed by atoms with van der Waals surface area (Å²) in [6.07, 6.45) is 4.66. The van der Waals surface area contributed by atoms with Crippen molar-refractivity contribution in [2.24, 2.45) is 5.92 Å². The zero-order valence-electron chi connectivity index (χ0n) is 8.33. The van der Waals surface area contributed by atoms with E-state index in [0.717, 1.165) is 19.4 Å². The minimum atomic E-state index is -2.99. The summed E-state index contributed by atoms with van der Waals surface area (Å²) < 4.78 is 25.4. The van der Waals surface area contributed by atoms with Crippen LogP contribution in [0.5, 0.6) is 0 Å². The lowest BCUT2D eigenvalue weighted by molar-refractivity contribution is 0.572. The third-order valence-electron chi connectivity index (χ3n) is 2.61. The standard InChI is InChI=1S/C9H18N2O2S/c12-14(13,7-8-1-2-8)11-6-5-10-9-3-4-9/h8-11H,1-7H2. The Labute approximate surface area is 85.5 Å². The first kappa shape index (κ1) is 10.4. The first-order valence-corrected chi connectivity index (χ1v) is 7.02. The van der Waals surface area contributed by atoms with Crippen LogP contribution in [0.15, 0.2) is 0 Å². The van der Waals surface area contributed by atoms with Gasteiger partial charge >= 0.3 is 0 Å². The van der Waals surface area contributed by atoms with Crippen LogP contribution in [0.3, 0.4) is 0 Å². The van der Waals surface area contributed by atoms with E-state index in [1.165, 1.54) is 12.8 Å². The van der Waals surface area contributed by atoms with Crippen molar-refractivity contribution in [3.05, 3.63) is 0 Å². The fourth-order valence-corrected chi connectivity index (χ4v) is 2.91. The van der Waals surface area contributed by atoms with Gasteiger partial charge in [-0.2, -0.15) is 0 Å². The van der Waals surface area contributed by atoms with Gasteiger partial charge in [0.1, 0.15) is 0 Å². The summed E-state index contributed by atoms with van der Waals surface area (Å²) in [7, 11) is -2.99. The van der Waals surface area contributed by atoms with Crippen LogP contribution < -0.4 is 10.0 Å². The van der Waals surface area contributed by atoms with Gasteiger partial charge in [0.25, 0.3) is 0 Å². The Morgan fingerprint density at radius 3 is 2.36 bits per heavy atom. The lowest BCUT2D eigenvalue weighted by Crippen LogP contribution is -2.34. The van der Waals surface area contributed by atoms with Gasteiger partial charge < -0.3 is 5.32 Å². The molecular formula is C9H18N2O2S. The van der Waals surface area contributed by atoms with Gasteiger partial charge in [-0.05, 0) is 31.6 Å². The number of hydrogen-bond donors (Lipinski definition) is 2. The highest BCUT2D eigenvalue weighted by Crippen LogP contribution is 2.29. The van der Waals surface area contributed by atoms with Crippen LogP contribution in [0, 0.1) is 5.92 Å². The van der Waals surface area contributed by atoms with E-state index in [1.54, 1.807) is 0 Å². The maximum absolute atomic E-state index is 11.4. The van der Waals surface area contributed by atoms with Crippen molar-refractivity contribution >= 4 is 10.0 Å². The summed E-state index contributed by atoms with van der Waals surface area (Å²) >= 11 is 0. The molecule has 0 aromatic rings. The normalized spacial score (nSPS) is 22.6. The summed E-state index contributed by atoms with van der Waals surface area (Å²) in [5.74, 6) is 0.764. The average molecular weight is 218 g/mol. The smallest absolute Gasteiger partial charge is 0.211 e. The van der Waals surface area contributed by atoms with Gasteiger partial charge in [0.15, 0.2) is 0 Å². The molecule has 0 amide bonds. The minimum Gasteiger partial charge on any atom is -0.313 e. The van der Waals surface area contributed by atoms with Gasteiger partial charge in [0.2, 0.25) is 10.0 Å². The Morgan fingerprint density at radius 1 is 1.07 bits per heavy atom. The van der Waals surface area contributed by atoms with Crippen LogP contribution in [0.4, 0.5) is 0 Å². The lowest BCUT2D eigenvalue weighted by Gasteiger charge is -2.06. The van der Waals surface area contributed by atoms with Crippen molar-refractivity contribution in [2.45, 2.75) is 31.7 Å². The third-order valence-corrected chi connectivity index (χ3v) is 4.16. The van der Waals surface area contributed by atoms with Crippen LogP contribution in [0.2, 0.25) is 0 Å². The molecule has 4 nitrogen and oxygen atoms in total. The molecule has 0 aromatic heterocycles. The molecule has 0 aromatic carbocycles. The molecule has 0 atom stereocenters. The van der Waals surface area contributed by atoms with Crippen molar-refractivity contribution in [1.29, 1.82) is 0 Å². The predicted molar refractivity (Wildman–Crippen MR) is 55.5 cm³/mol. The van der Waals surface area contributed by atoms with Gasteiger partial charge in [-0.25, -0.2) is 13.1 Å². The molecule has 0 bridgehead atoms. The quantitative estimate of drug-likeness (QED) is 0.594. The fraction of sp³-hybridized carbons (Fsp3) is 1.00. The monoisotopic (exact) mass is 218 g/mol. The van der Waals surface area contributed by atoms with Crippen LogP contribution in [0.1, 0.15) is 25.7 Å². The van der Waals surface area contributed by atoms with Crippen LogP contribution in [-0.4, -0.2) is 33.3 Å². The topological polar surface area (TPSA) is 58.2 Å². The molecular weight excluding hydrogens is 200 g/mol. The largest absolute Gasteiger partial charge is 0.313 e. The highest BCUT2D eigenvalue weighted by atomic mass is 32.2. The summed E-state index contributed by atoms with van der Waals surface area (Å²) in [6.45, 7) is 1.29. The first-order chi connectivity index (χ1) is 6.66. The van der Waals surface area contributed by atoms with Crippen LogP contribution in [0.25, 0.3) is 0 Å². The molecule has 0 unspecified atom stereocenters. The van der Waals surface area contributed by atoms with Crippen molar-refractivity contribution < 1.29 is 8.42 Å². The van der Waals surface area contributed by atoms with Crippen molar-refractivity contribution in [1.82, 2.24) is 10.0 Å². The molecule has 5 heteroatoms. The first-order valence-electron chi connectivity index (χ1n) is 5.36. The Hall–Kier alpha value is -0.130. The molecule has 0 heterocycles. The Balaban J connectivity index is 1.57. The Kier molecular flexibility index (Phi) is 3.09. The second kappa shape index (κ2) is 4.16. The van der Waals surface area contributed by atoms with Crippen molar-refractivity contribution in [2.75, 3.05) is 18.8 Å². The van der Waals surface area contributed by atoms with E-state index >= 15 is 0 Å². The molecule has 14 heavy (non-hydrogen) atoms. The van der Waals surface area contributed by atoms with E-state index < -0.39 is 10.0 Å². The zero-order valence-corrected chi connectivity index (χ0v) is 9.15. The molecule has 0 radical (unpaired) electrons. The Bertz CT molecular complexity index is 281. The second-order valence-corrected chi connectivity index (χ2v) is 6.20. The molecule has 2 aliphatic carbocycles. The third kappa shape index (κ3) is 3.94. The molecule has 2 N–H and O–H groups in total. The average Bonchev–Trinajstić information content (AvgIpc) is 2.91. The summed E-state index contributed by atoms with van der Waals surface area (Å²) in [5.41, 5.74) is 0. The molecule has 2 aliphatic rings. The molecule has 0 saturated heterocycles. The predicted octanol–water partition coefficient (Wildman–Crippen LogP) is 0.0678. The zero-order chi connectivity index (χ0) is 10.0. The summed E-state index contributed by atoms with van der Waals surface area (Å²) in [5, 5.41) is 3.27. The SMILES string of the molecule is O=S(=O)(CC1CC1)NCCNC1CC1. The highest BCUT2D eigenvalue weighted by Gasteiger charge is 2.27. The van der Waals surface area contributed by atoms with Gasteiger partial charge in [-0.15, -0.1) is 0 Å². The maximum atomic E-state index is 11.4. The van der Waals surface area contributed by atoms with Crippen molar-refractivity contribution in [3.63, 3.8) is 0 Å².